The maximum atomic E-state index is 12.2. The van der Waals surface area contributed by atoms with Gasteiger partial charge in [-0.3, -0.25) is 9.59 Å². The third-order valence-corrected chi connectivity index (χ3v) is 4.08. The molecule has 4 nitrogen and oxygen atoms in total. The van der Waals surface area contributed by atoms with E-state index in [1.165, 1.54) is 6.92 Å². The summed E-state index contributed by atoms with van der Waals surface area (Å²) in [4.78, 5) is 25.2. The monoisotopic (exact) mass is 274 g/mol. The number of likely N-dealkylation sites (tertiary alicyclic amines) is 1. The molecule has 3 atom stereocenters. The number of benzene rings is 1. The van der Waals surface area contributed by atoms with Crippen molar-refractivity contribution < 1.29 is 9.59 Å². The highest BCUT2D eigenvalue weighted by atomic mass is 16.2. The van der Waals surface area contributed by atoms with Gasteiger partial charge < -0.3 is 10.2 Å². The van der Waals surface area contributed by atoms with Gasteiger partial charge in [0.15, 0.2) is 0 Å². The maximum Gasteiger partial charge on any atom is 0.223 e. The van der Waals surface area contributed by atoms with Crippen LogP contribution in [0.25, 0.3) is 0 Å². The zero-order valence-electron chi connectivity index (χ0n) is 12.3. The van der Waals surface area contributed by atoms with Gasteiger partial charge in [0.05, 0.1) is 6.04 Å². The van der Waals surface area contributed by atoms with Gasteiger partial charge in [0.25, 0.3) is 0 Å². The van der Waals surface area contributed by atoms with E-state index in [2.05, 4.69) is 12.2 Å². The van der Waals surface area contributed by atoms with Gasteiger partial charge in [0, 0.05) is 31.8 Å². The molecule has 108 valence electrons. The second-order valence-corrected chi connectivity index (χ2v) is 5.59. The highest BCUT2D eigenvalue weighted by molar-refractivity contribution is 5.79. The molecule has 2 amide bonds. The molecule has 2 rings (SSSR count). The van der Waals surface area contributed by atoms with E-state index in [-0.39, 0.29) is 29.8 Å². The first-order chi connectivity index (χ1) is 9.49. The average Bonchev–Trinajstić information content (AvgIpc) is 2.80. The number of hydrogen-bond acceptors (Lipinski definition) is 2. The van der Waals surface area contributed by atoms with Crippen molar-refractivity contribution in [2.24, 2.45) is 5.92 Å². The molecule has 1 fully saturated rings. The van der Waals surface area contributed by atoms with Crippen LogP contribution in [0, 0.1) is 5.92 Å². The summed E-state index contributed by atoms with van der Waals surface area (Å²) in [6, 6.07) is 10.2. The molecule has 0 unspecified atom stereocenters. The van der Waals surface area contributed by atoms with E-state index in [0.717, 1.165) is 5.56 Å². The van der Waals surface area contributed by atoms with Gasteiger partial charge in [-0.2, -0.15) is 0 Å². The van der Waals surface area contributed by atoms with Gasteiger partial charge in [-0.25, -0.2) is 0 Å². The lowest BCUT2D eigenvalue weighted by molar-refractivity contribution is -0.129. The van der Waals surface area contributed by atoms with E-state index in [1.54, 1.807) is 0 Å². The van der Waals surface area contributed by atoms with Crippen LogP contribution < -0.4 is 5.32 Å². The molecule has 0 spiro atoms. The Morgan fingerprint density at radius 2 is 1.95 bits per heavy atom. The van der Waals surface area contributed by atoms with Crippen molar-refractivity contribution in [2.75, 3.05) is 6.54 Å². The van der Waals surface area contributed by atoms with Gasteiger partial charge in [-0.05, 0) is 19.4 Å². The summed E-state index contributed by atoms with van der Waals surface area (Å²) in [5, 5.41) is 2.89. The van der Waals surface area contributed by atoms with Crippen LogP contribution in [0.4, 0.5) is 0 Å². The van der Waals surface area contributed by atoms with Crippen molar-refractivity contribution in [1.29, 1.82) is 0 Å². The second kappa shape index (κ2) is 6.07. The van der Waals surface area contributed by atoms with E-state index >= 15 is 0 Å². The Balaban J connectivity index is 2.04. The summed E-state index contributed by atoms with van der Waals surface area (Å²) in [5.74, 6) is 0.320. The number of carbonyl (C=O) groups excluding carboxylic acids is 2. The predicted molar refractivity (Wildman–Crippen MR) is 78.0 cm³/mol. The molecule has 1 aromatic carbocycles. The molecule has 0 radical (unpaired) electrons. The number of nitrogens with one attached hydrogen (secondary N) is 1. The summed E-state index contributed by atoms with van der Waals surface area (Å²) in [6.45, 7) is 6.24. The third-order valence-electron chi connectivity index (χ3n) is 4.08. The first kappa shape index (κ1) is 14.6. The molecule has 1 saturated heterocycles. The van der Waals surface area contributed by atoms with Gasteiger partial charge >= 0.3 is 0 Å². The van der Waals surface area contributed by atoms with Crippen molar-refractivity contribution in [1.82, 2.24) is 10.2 Å². The molecule has 1 aliphatic heterocycles. The first-order valence-electron chi connectivity index (χ1n) is 7.10. The second-order valence-electron chi connectivity index (χ2n) is 5.59. The number of amides is 2. The molecule has 1 N–H and O–H groups in total. The molecule has 0 bridgehead atoms. The van der Waals surface area contributed by atoms with Gasteiger partial charge in [-0.1, -0.05) is 30.3 Å². The fourth-order valence-corrected chi connectivity index (χ4v) is 2.82. The van der Waals surface area contributed by atoms with E-state index < -0.39 is 0 Å². The Bertz CT molecular complexity index is 487. The van der Waals surface area contributed by atoms with Crippen LogP contribution in [0.2, 0.25) is 0 Å². The molecule has 0 saturated carbocycles. The Morgan fingerprint density at radius 3 is 2.55 bits per heavy atom. The number of nitrogens with zero attached hydrogens (tertiary/aromatic N) is 1. The SMILES string of the molecule is CC(=O)N[C@H](C)[C@@H]1CC(=O)N([C@H](C)c2ccccc2)C1. The van der Waals surface area contributed by atoms with Gasteiger partial charge in [0.1, 0.15) is 0 Å². The lowest BCUT2D eigenvalue weighted by Gasteiger charge is -2.26. The molecular formula is C16H22N2O2. The minimum absolute atomic E-state index is 0.0319. The Hall–Kier alpha value is -1.84. The van der Waals surface area contributed by atoms with Crippen molar-refractivity contribution in [2.45, 2.75) is 39.3 Å². The molecular weight excluding hydrogens is 252 g/mol. The molecule has 0 aliphatic carbocycles. The van der Waals surface area contributed by atoms with Crippen molar-refractivity contribution in [3.05, 3.63) is 35.9 Å². The molecule has 20 heavy (non-hydrogen) atoms. The van der Waals surface area contributed by atoms with Crippen LogP contribution in [-0.4, -0.2) is 29.3 Å². The Kier molecular flexibility index (Phi) is 4.42. The molecule has 0 aromatic heterocycles. The third kappa shape index (κ3) is 3.18. The van der Waals surface area contributed by atoms with Crippen LogP contribution in [0.15, 0.2) is 30.3 Å². The molecule has 4 heteroatoms. The average molecular weight is 274 g/mol. The predicted octanol–water partition coefficient (Wildman–Crippen LogP) is 2.12. The summed E-state index contributed by atoms with van der Waals surface area (Å²) < 4.78 is 0. The van der Waals surface area contributed by atoms with E-state index in [4.69, 9.17) is 0 Å². The van der Waals surface area contributed by atoms with Crippen LogP contribution in [-0.2, 0) is 9.59 Å². The van der Waals surface area contributed by atoms with Crippen molar-refractivity contribution >= 4 is 11.8 Å². The molecule has 1 heterocycles. The van der Waals surface area contributed by atoms with Crippen LogP contribution in [0.5, 0.6) is 0 Å². The Labute approximate surface area is 120 Å². The van der Waals surface area contributed by atoms with Crippen molar-refractivity contribution in [3.8, 4) is 0 Å². The van der Waals surface area contributed by atoms with Crippen LogP contribution in [0.3, 0.4) is 0 Å². The van der Waals surface area contributed by atoms with Crippen LogP contribution >= 0.6 is 0 Å². The quantitative estimate of drug-likeness (QED) is 0.914. The largest absolute Gasteiger partial charge is 0.354 e. The number of hydrogen-bond donors (Lipinski definition) is 1. The lowest BCUT2D eigenvalue weighted by Crippen LogP contribution is -2.38. The summed E-state index contributed by atoms with van der Waals surface area (Å²) in [6.07, 6.45) is 0.513. The Morgan fingerprint density at radius 1 is 1.30 bits per heavy atom. The lowest BCUT2D eigenvalue weighted by atomic mass is 10.0. The topological polar surface area (TPSA) is 49.4 Å². The minimum Gasteiger partial charge on any atom is -0.354 e. The van der Waals surface area contributed by atoms with Gasteiger partial charge in [0.2, 0.25) is 11.8 Å². The smallest absolute Gasteiger partial charge is 0.223 e. The van der Waals surface area contributed by atoms with E-state index in [0.29, 0.717) is 13.0 Å². The molecule has 1 aliphatic rings. The maximum absolute atomic E-state index is 12.2. The number of rotatable bonds is 4. The van der Waals surface area contributed by atoms with E-state index in [9.17, 15) is 9.59 Å². The first-order valence-corrected chi connectivity index (χ1v) is 7.10. The van der Waals surface area contributed by atoms with Crippen molar-refractivity contribution in [3.63, 3.8) is 0 Å². The molecule has 1 aromatic rings. The standard InChI is InChI=1S/C16H22N2O2/c1-11(17-13(3)19)15-9-16(20)18(10-15)12(2)14-7-5-4-6-8-14/h4-8,11-12,15H,9-10H2,1-3H3,(H,17,19)/t11-,12-,15-/m1/s1. The van der Waals surface area contributed by atoms with Crippen LogP contribution in [0.1, 0.15) is 38.8 Å². The highest BCUT2D eigenvalue weighted by Crippen LogP contribution is 2.29. The normalized spacial score (nSPS) is 21.6. The van der Waals surface area contributed by atoms with E-state index in [1.807, 2.05) is 42.2 Å². The number of carbonyl (C=O) groups is 2. The summed E-state index contributed by atoms with van der Waals surface area (Å²) in [5.41, 5.74) is 1.15. The summed E-state index contributed by atoms with van der Waals surface area (Å²) >= 11 is 0. The van der Waals surface area contributed by atoms with Gasteiger partial charge in [-0.15, -0.1) is 0 Å². The minimum atomic E-state index is -0.0421. The zero-order chi connectivity index (χ0) is 14.7. The summed E-state index contributed by atoms with van der Waals surface area (Å²) in [7, 11) is 0. The highest BCUT2D eigenvalue weighted by Gasteiger charge is 2.35. The zero-order valence-corrected chi connectivity index (χ0v) is 12.3. The fourth-order valence-electron chi connectivity index (χ4n) is 2.82. The fraction of sp³-hybridized carbons (Fsp3) is 0.500.